The molecule has 2 aliphatic rings. The van der Waals surface area contributed by atoms with Gasteiger partial charge in [-0.25, -0.2) is 4.68 Å². The van der Waals surface area contributed by atoms with Crippen LogP contribution in [0.15, 0.2) is 79.1 Å². The second kappa shape index (κ2) is 14.3. The molecule has 0 aliphatic carbocycles. The predicted octanol–water partition coefficient (Wildman–Crippen LogP) is 8.38. The molecule has 0 bridgehead atoms. The molecular formula is C40H35F6N7O3. The Morgan fingerprint density at radius 3 is 2.00 bits per heavy atom. The summed E-state index contributed by atoms with van der Waals surface area (Å²) < 4.78 is 92.4. The molecule has 2 aliphatic heterocycles. The lowest BCUT2D eigenvalue weighted by Crippen LogP contribution is -2.38. The van der Waals surface area contributed by atoms with Crippen LogP contribution in [0.1, 0.15) is 80.7 Å². The number of halogens is 6. The van der Waals surface area contributed by atoms with Gasteiger partial charge in [-0.05, 0) is 85.0 Å². The molecule has 10 nitrogen and oxygen atoms in total. The molecule has 6 aromatic rings. The quantitative estimate of drug-likeness (QED) is 0.170. The van der Waals surface area contributed by atoms with E-state index in [0.717, 1.165) is 12.1 Å². The van der Waals surface area contributed by atoms with E-state index in [-0.39, 0.29) is 60.3 Å². The number of amides is 2. The highest BCUT2D eigenvalue weighted by molar-refractivity contribution is 6.06. The first kappa shape index (κ1) is 37.0. The second-order valence-corrected chi connectivity index (χ2v) is 14.1. The van der Waals surface area contributed by atoms with E-state index >= 15 is 0 Å². The number of carbonyl (C=O) groups excluding carboxylic acids is 2. The summed E-state index contributed by atoms with van der Waals surface area (Å²) in [6.45, 7) is 0.826. The SMILES string of the molecule is COc1ccc2c(C(=O)N3CCC(c4ccccc4C(F)(F)F)CC3)nn(-c3ccc(C4CCN(C(=O)c5n[nH]c6cnccc56)CC4)c(C(F)(F)F)c3)c2c1. The average Bonchev–Trinajstić information content (AvgIpc) is 3.81. The third kappa shape index (κ3) is 6.81. The number of alkyl halides is 6. The molecule has 0 radical (unpaired) electrons. The van der Waals surface area contributed by atoms with Crippen molar-refractivity contribution in [1.29, 1.82) is 0 Å². The van der Waals surface area contributed by atoms with Crippen LogP contribution in [0.4, 0.5) is 26.3 Å². The summed E-state index contributed by atoms with van der Waals surface area (Å²) in [5.74, 6) is -1.28. The van der Waals surface area contributed by atoms with Crippen LogP contribution in [0.3, 0.4) is 0 Å². The summed E-state index contributed by atoms with van der Waals surface area (Å²) in [5, 5.41) is 12.5. The van der Waals surface area contributed by atoms with Gasteiger partial charge in [0.1, 0.15) is 5.75 Å². The minimum atomic E-state index is -4.73. The van der Waals surface area contributed by atoms with E-state index in [1.807, 2.05) is 0 Å². The van der Waals surface area contributed by atoms with Crippen molar-refractivity contribution in [3.8, 4) is 11.4 Å². The molecule has 0 unspecified atom stereocenters. The largest absolute Gasteiger partial charge is 0.497 e. The van der Waals surface area contributed by atoms with E-state index < -0.39 is 41.2 Å². The number of nitrogens with zero attached hydrogens (tertiary/aromatic N) is 6. The van der Waals surface area contributed by atoms with Crippen LogP contribution in [0, 0.1) is 0 Å². The standard InChI is InChI=1S/C40H35F6N7O3/c1-56-26-7-9-30-34(21-26)53(50-36(30)38(55)52-18-11-23(12-19-52)27-4-2-3-5-31(27)39(41,42)43)25-6-8-28(32(20-25)40(44,45)46)24-13-16-51(17-14-24)37(54)35-29-10-15-47-22-33(29)48-49-35/h2-10,15,20-24H,11-14,16-19H2,1H3,(H,48,49). The first-order valence-electron chi connectivity index (χ1n) is 18.1. The van der Waals surface area contributed by atoms with Crippen molar-refractivity contribution in [1.82, 2.24) is 34.8 Å². The molecule has 3 aromatic heterocycles. The van der Waals surface area contributed by atoms with Crippen LogP contribution in [0.25, 0.3) is 27.5 Å². The minimum absolute atomic E-state index is 0.00687. The summed E-state index contributed by atoms with van der Waals surface area (Å²) >= 11 is 0. The van der Waals surface area contributed by atoms with Gasteiger partial charge in [0.25, 0.3) is 11.8 Å². The molecule has 0 spiro atoms. The maximum atomic E-state index is 14.8. The monoisotopic (exact) mass is 775 g/mol. The van der Waals surface area contributed by atoms with Gasteiger partial charge in [0, 0.05) is 49.2 Å². The summed E-state index contributed by atoms with van der Waals surface area (Å²) in [4.78, 5) is 34.5. The molecule has 290 valence electrons. The lowest BCUT2D eigenvalue weighted by Gasteiger charge is -2.33. The van der Waals surface area contributed by atoms with Gasteiger partial charge in [0.15, 0.2) is 11.4 Å². The van der Waals surface area contributed by atoms with Crippen molar-refractivity contribution in [2.24, 2.45) is 0 Å². The number of hydrogen-bond acceptors (Lipinski definition) is 6. The van der Waals surface area contributed by atoms with Gasteiger partial charge in [-0.3, -0.25) is 19.7 Å². The smallest absolute Gasteiger partial charge is 0.416 e. The van der Waals surface area contributed by atoms with Crippen LogP contribution >= 0.6 is 0 Å². The number of piperidine rings is 2. The highest BCUT2D eigenvalue weighted by Crippen LogP contribution is 2.42. The number of ether oxygens (including phenoxy) is 1. The molecule has 0 atom stereocenters. The van der Waals surface area contributed by atoms with Crippen molar-refractivity contribution in [2.75, 3.05) is 33.3 Å². The molecule has 16 heteroatoms. The van der Waals surface area contributed by atoms with Crippen molar-refractivity contribution in [3.63, 3.8) is 0 Å². The van der Waals surface area contributed by atoms with E-state index in [4.69, 9.17) is 4.74 Å². The highest BCUT2D eigenvalue weighted by Gasteiger charge is 2.39. The molecule has 5 heterocycles. The fourth-order valence-electron chi connectivity index (χ4n) is 8.08. The molecule has 3 aromatic carbocycles. The third-order valence-corrected chi connectivity index (χ3v) is 11.0. The van der Waals surface area contributed by atoms with Crippen LogP contribution in [0.2, 0.25) is 0 Å². The normalized spacial score (nSPS) is 16.2. The zero-order chi connectivity index (χ0) is 39.4. The fraction of sp³-hybridized carbons (Fsp3) is 0.325. The van der Waals surface area contributed by atoms with Crippen molar-refractivity contribution in [3.05, 3.63) is 113 Å². The number of likely N-dealkylation sites (tertiary alicyclic amines) is 2. The Kier molecular flexibility index (Phi) is 9.45. The molecule has 2 saturated heterocycles. The summed E-state index contributed by atoms with van der Waals surface area (Å²) in [7, 11) is 1.44. The first-order valence-corrected chi connectivity index (χ1v) is 18.1. The van der Waals surface area contributed by atoms with Gasteiger partial charge in [0.2, 0.25) is 0 Å². The Morgan fingerprint density at radius 1 is 0.732 bits per heavy atom. The van der Waals surface area contributed by atoms with Gasteiger partial charge in [-0.1, -0.05) is 24.3 Å². The lowest BCUT2D eigenvalue weighted by molar-refractivity contribution is -0.139. The molecule has 1 N–H and O–H groups in total. The Labute approximate surface area is 316 Å². The summed E-state index contributed by atoms with van der Waals surface area (Å²) in [6.07, 6.45) is -4.91. The van der Waals surface area contributed by atoms with Gasteiger partial charge in [-0.2, -0.15) is 36.5 Å². The van der Waals surface area contributed by atoms with E-state index in [9.17, 15) is 35.9 Å². The van der Waals surface area contributed by atoms with Gasteiger partial charge >= 0.3 is 12.4 Å². The first-order chi connectivity index (χ1) is 26.8. The lowest BCUT2D eigenvalue weighted by atomic mass is 9.86. The number of benzene rings is 3. The molecule has 2 fully saturated rings. The molecular weight excluding hydrogens is 740 g/mol. The third-order valence-electron chi connectivity index (χ3n) is 11.0. The van der Waals surface area contributed by atoms with Crippen molar-refractivity contribution < 1.29 is 40.7 Å². The molecule has 56 heavy (non-hydrogen) atoms. The number of carbonyl (C=O) groups is 2. The summed E-state index contributed by atoms with van der Waals surface area (Å²) in [5.41, 5.74) is 0.0317. The predicted molar refractivity (Wildman–Crippen MR) is 194 cm³/mol. The van der Waals surface area contributed by atoms with E-state index in [2.05, 4.69) is 20.3 Å². The number of rotatable bonds is 6. The van der Waals surface area contributed by atoms with Crippen LogP contribution in [0.5, 0.6) is 5.75 Å². The number of pyridine rings is 1. The van der Waals surface area contributed by atoms with Crippen LogP contribution in [-0.4, -0.2) is 79.9 Å². The highest BCUT2D eigenvalue weighted by atomic mass is 19.4. The Bertz CT molecular complexity index is 2440. The zero-order valence-electron chi connectivity index (χ0n) is 30.0. The number of methoxy groups -OCH3 is 1. The van der Waals surface area contributed by atoms with Gasteiger partial charge in [0.05, 0.1) is 41.2 Å². The molecule has 2 amide bonds. The maximum absolute atomic E-state index is 14.8. The van der Waals surface area contributed by atoms with Crippen LogP contribution in [-0.2, 0) is 12.4 Å². The zero-order valence-corrected chi connectivity index (χ0v) is 30.0. The number of aromatic nitrogens is 5. The number of fused-ring (bicyclic) bond motifs is 2. The second-order valence-electron chi connectivity index (χ2n) is 14.1. The minimum Gasteiger partial charge on any atom is -0.497 e. The summed E-state index contributed by atoms with van der Waals surface area (Å²) in [6, 6.07) is 16.0. The van der Waals surface area contributed by atoms with Gasteiger partial charge in [-0.15, -0.1) is 0 Å². The van der Waals surface area contributed by atoms with Crippen LogP contribution < -0.4 is 4.74 Å². The van der Waals surface area contributed by atoms with E-state index in [0.29, 0.717) is 53.2 Å². The molecule has 0 saturated carbocycles. The Hall–Kier alpha value is -5.93. The molecule has 8 rings (SSSR count). The van der Waals surface area contributed by atoms with Gasteiger partial charge < -0.3 is 14.5 Å². The van der Waals surface area contributed by atoms with E-state index in [1.54, 1.807) is 47.6 Å². The number of hydrogen-bond donors (Lipinski definition) is 1. The Morgan fingerprint density at radius 2 is 1.36 bits per heavy atom. The van der Waals surface area contributed by atoms with Crippen molar-refractivity contribution >= 4 is 33.6 Å². The Balaban J connectivity index is 1.05. The van der Waals surface area contributed by atoms with E-state index in [1.165, 1.54) is 41.0 Å². The number of nitrogens with one attached hydrogen (secondary N) is 1. The average molecular weight is 776 g/mol. The number of aromatic amines is 1. The fourth-order valence-corrected chi connectivity index (χ4v) is 8.08. The topological polar surface area (TPSA) is 109 Å². The van der Waals surface area contributed by atoms with Crippen molar-refractivity contribution in [2.45, 2.75) is 49.9 Å². The maximum Gasteiger partial charge on any atom is 0.416 e. The number of H-pyrrole nitrogens is 1.